The van der Waals surface area contributed by atoms with Crippen molar-refractivity contribution in [3.63, 3.8) is 0 Å². The van der Waals surface area contributed by atoms with Crippen molar-refractivity contribution >= 4 is 33.8 Å². The molecule has 0 spiro atoms. The fraction of sp³-hybridized carbons (Fsp3) is 0.643. The monoisotopic (exact) mass is 434 g/mol. The highest BCUT2D eigenvalue weighted by Gasteiger charge is 2.42. The molecule has 1 aliphatic rings. The Kier molecular flexibility index (Phi) is 4.64. The molecule has 0 aliphatic carbocycles. The Labute approximate surface area is 161 Å². The van der Waals surface area contributed by atoms with E-state index in [-0.39, 0.29) is 29.5 Å². The number of hydrogen-bond acceptors (Lipinski definition) is 5. The number of carbonyl (C=O) groups excluding carboxylic acids is 1. The first kappa shape index (κ1) is 17.6. The van der Waals surface area contributed by atoms with E-state index in [2.05, 4.69) is 10.1 Å². The summed E-state index contributed by atoms with van der Waals surface area (Å²) in [6.45, 7) is -0.935. The van der Waals surface area contributed by atoms with E-state index in [0.717, 1.165) is 20.8 Å². The summed E-state index contributed by atoms with van der Waals surface area (Å²) in [4.78, 5) is 16.6. The van der Waals surface area contributed by atoms with E-state index in [1.54, 1.807) is 0 Å². The molecule has 2 aromatic heterocycles. The minimum atomic E-state index is -4.81. The molecule has 27 heavy (non-hydrogen) atoms. The van der Waals surface area contributed by atoms with Crippen molar-refractivity contribution in [2.24, 2.45) is 5.92 Å². The van der Waals surface area contributed by atoms with Gasteiger partial charge in [0.05, 0.1) is 21.6 Å². The van der Waals surface area contributed by atoms with E-state index in [4.69, 9.17) is 19.1 Å². The highest BCUT2D eigenvalue weighted by atomic mass is 35.5. The van der Waals surface area contributed by atoms with Crippen LogP contribution in [0.4, 0.5) is 22.0 Å². The van der Waals surface area contributed by atoms with Gasteiger partial charge in [-0.25, -0.2) is 9.50 Å². The Bertz CT molecular complexity index is 901. The third-order valence-electron chi connectivity index (χ3n) is 3.97. The molecule has 1 saturated heterocycles. The average molecular weight is 435 g/mol. The van der Waals surface area contributed by atoms with Crippen LogP contribution in [0.1, 0.15) is 32.0 Å². The normalized spacial score (nSPS) is 20.0. The van der Waals surface area contributed by atoms with E-state index in [9.17, 15) is 26.7 Å². The minimum absolute atomic E-state index is 0.104. The SMILES string of the molecule is [2H]C([2H])OCc1nn2c(CN3C[C@@H](CC(F)(F)Cl)CC3=O)c(C(F)(F)F)nc2s1. The van der Waals surface area contributed by atoms with Crippen LogP contribution < -0.4 is 0 Å². The second kappa shape index (κ2) is 7.13. The zero-order valence-electron chi connectivity index (χ0n) is 15.5. The van der Waals surface area contributed by atoms with Crippen LogP contribution in [0.25, 0.3) is 4.96 Å². The fourth-order valence-corrected chi connectivity index (χ4v) is 4.03. The first-order valence-electron chi connectivity index (χ1n) is 8.74. The van der Waals surface area contributed by atoms with Gasteiger partial charge in [0.15, 0.2) is 5.69 Å². The molecule has 3 heterocycles. The highest BCUT2D eigenvalue weighted by Crippen LogP contribution is 2.36. The molecule has 0 N–H and O–H groups in total. The molecule has 1 amide bonds. The number of imidazole rings is 1. The number of rotatable bonds is 6. The lowest BCUT2D eigenvalue weighted by Crippen LogP contribution is -2.27. The number of nitrogens with zero attached hydrogens (tertiary/aromatic N) is 4. The maximum atomic E-state index is 13.4. The van der Waals surface area contributed by atoms with Gasteiger partial charge in [0.2, 0.25) is 10.9 Å². The number of alkyl halides is 6. The Morgan fingerprint density at radius 2 is 2.15 bits per heavy atom. The molecule has 0 radical (unpaired) electrons. The molecule has 2 aromatic rings. The van der Waals surface area contributed by atoms with Crippen molar-refractivity contribution in [1.82, 2.24) is 19.5 Å². The second-order valence-electron chi connectivity index (χ2n) is 6.07. The van der Waals surface area contributed by atoms with E-state index >= 15 is 0 Å². The lowest BCUT2D eigenvalue weighted by atomic mass is 10.1. The number of fused-ring (bicyclic) bond motifs is 1. The predicted octanol–water partition coefficient (Wildman–Crippen LogP) is 3.53. The molecule has 150 valence electrons. The van der Waals surface area contributed by atoms with Gasteiger partial charge in [-0.2, -0.15) is 27.1 Å². The fourth-order valence-electron chi connectivity index (χ4n) is 2.98. The van der Waals surface area contributed by atoms with Crippen LogP contribution in [0.15, 0.2) is 0 Å². The number of hydrogen-bond donors (Lipinski definition) is 0. The molecule has 1 fully saturated rings. The first-order chi connectivity index (χ1) is 13.3. The number of halogens is 6. The lowest BCUT2D eigenvalue weighted by molar-refractivity contribution is -0.142. The third-order valence-corrected chi connectivity index (χ3v) is 5.01. The summed E-state index contributed by atoms with van der Waals surface area (Å²) >= 11 is 5.68. The van der Waals surface area contributed by atoms with Crippen molar-refractivity contribution in [2.75, 3.05) is 13.6 Å². The van der Waals surface area contributed by atoms with Crippen molar-refractivity contribution in [3.05, 3.63) is 16.4 Å². The van der Waals surface area contributed by atoms with Crippen molar-refractivity contribution < 1.29 is 34.2 Å². The van der Waals surface area contributed by atoms with Gasteiger partial charge in [-0.1, -0.05) is 11.3 Å². The lowest BCUT2D eigenvalue weighted by Gasteiger charge is -2.18. The molecular formula is C14H14ClF5N4O2S. The summed E-state index contributed by atoms with van der Waals surface area (Å²) in [5.74, 6) is -1.35. The zero-order chi connectivity index (χ0) is 21.6. The highest BCUT2D eigenvalue weighted by molar-refractivity contribution is 7.16. The van der Waals surface area contributed by atoms with Gasteiger partial charge in [0, 0.05) is 26.4 Å². The molecular weight excluding hydrogens is 419 g/mol. The molecule has 13 heteroatoms. The summed E-state index contributed by atoms with van der Waals surface area (Å²) in [5, 5.41) is 0.659. The Morgan fingerprint density at radius 3 is 2.78 bits per heavy atom. The molecule has 0 unspecified atom stereocenters. The minimum Gasteiger partial charge on any atom is -0.377 e. The van der Waals surface area contributed by atoms with Gasteiger partial charge >= 0.3 is 11.6 Å². The van der Waals surface area contributed by atoms with Crippen molar-refractivity contribution in [2.45, 2.75) is 37.6 Å². The Hall–Kier alpha value is -1.53. The van der Waals surface area contributed by atoms with Gasteiger partial charge in [-0.3, -0.25) is 4.79 Å². The summed E-state index contributed by atoms with van der Waals surface area (Å²) in [6, 6.07) is 0. The van der Waals surface area contributed by atoms with E-state index in [1.165, 1.54) is 0 Å². The van der Waals surface area contributed by atoms with Crippen LogP contribution in [0.5, 0.6) is 0 Å². The maximum Gasteiger partial charge on any atom is 0.435 e. The van der Waals surface area contributed by atoms with Gasteiger partial charge < -0.3 is 9.64 Å². The summed E-state index contributed by atoms with van der Waals surface area (Å²) in [7, 11) is -1.59. The van der Waals surface area contributed by atoms with Gasteiger partial charge in [-0.05, 0) is 17.5 Å². The van der Waals surface area contributed by atoms with E-state index in [0.29, 0.717) is 0 Å². The van der Waals surface area contributed by atoms with Crippen LogP contribution in [-0.2, 0) is 28.9 Å². The predicted molar refractivity (Wildman–Crippen MR) is 85.5 cm³/mol. The van der Waals surface area contributed by atoms with Gasteiger partial charge in [-0.15, -0.1) is 0 Å². The van der Waals surface area contributed by atoms with Crippen LogP contribution in [0, 0.1) is 5.92 Å². The van der Waals surface area contributed by atoms with Crippen LogP contribution in [-0.4, -0.2) is 44.4 Å². The van der Waals surface area contributed by atoms with Crippen LogP contribution in [0.3, 0.4) is 0 Å². The quantitative estimate of drug-likeness (QED) is 0.515. The van der Waals surface area contributed by atoms with E-state index < -0.39 is 54.8 Å². The number of ether oxygens (including phenoxy) is 1. The number of carbonyl (C=O) groups is 1. The number of amides is 1. The van der Waals surface area contributed by atoms with E-state index in [1.807, 2.05) is 0 Å². The second-order valence-corrected chi connectivity index (χ2v) is 7.66. The number of methoxy groups -OCH3 is 1. The number of aromatic nitrogens is 3. The van der Waals surface area contributed by atoms with Gasteiger partial charge in [0.1, 0.15) is 5.01 Å². The average Bonchev–Trinajstić information content (AvgIpc) is 3.18. The molecule has 0 bridgehead atoms. The molecule has 0 aromatic carbocycles. The standard InChI is InChI=1S/C14H14ClF5N4O2S/c1-26-6-9-22-24-8(11(14(18,19)20)21-12(24)27-9)5-23-4-7(2-10(23)25)3-13(15,16)17/h7H,2-6H2,1H3/t7-/m1/s1/i1D2. The molecule has 6 nitrogen and oxygen atoms in total. The van der Waals surface area contributed by atoms with Crippen LogP contribution >= 0.6 is 22.9 Å². The Morgan fingerprint density at radius 1 is 1.41 bits per heavy atom. The summed E-state index contributed by atoms with van der Waals surface area (Å²) in [6.07, 6.45) is -5.81. The first-order valence-corrected chi connectivity index (χ1v) is 8.78. The van der Waals surface area contributed by atoms with Crippen LogP contribution in [0.2, 0.25) is 0 Å². The smallest absolute Gasteiger partial charge is 0.377 e. The molecule has 1 atom stereocenters. The van der Waals surface area contributed by atoms with Crippen molar-refractivity contribution in [1.29, 1.82) is 0 Å². The topological polar surface area (TPSA) is 59.7 Å². The zero-order valence-corrected chi connectivity index (χ0v) is 15.0. The molecule has 0 saturated carbocycles. The Balaban J connectivity index is 1.87. The molecule has 1 aliphatic heterocycles. The molecule has 3 rings (SSSR count). The van der Waals surface area contributed by atoms with Crippen molar-refractivity contribution in [3.8, 4) is 0 Å². The maximum absolute atomic E-state index is 13.4. The summed E-state index contributed by atoms with van der Waals surface area (Å²) < 4.78 is 85.8. The largest absolute Gasteiger partial charge is 0.435 e. The summed E-state index contributed by atoms with van der Waals surface area (Å²) in [5.41, 5.74) is -1.63. The number of likely N-dealkylation sites (tertiary alicyclic amines) is 1. The van der Waals surface area contributed by atoms with Gasteiger partial charge in [0.25, 0.3) is 0 Å². The third kappa shape index (κ3) is 4.49.